The molecule has 242 valence electrons. The molecule has 0 aliphatic carbocycles. The van der Waals surface area contributed by atoms with Crippen LogP contribution >= 0.6 is 0 Å². The molecule has 0 fully saturated rings. The summed E-state index contributed by atoms with van der Waals surface area (Å²) in [6.07, 6.45) is 2.45. The third-order valence-electron chi connectivity index (χ3n) is 8.93. The lowest BCUT2D eigenvalue weighted by Gasteiger charge is -2.38. The van der Waals surface area contributed by atoms with Crippen molar-refractivity contribution in [2.24, 2.45) is 0 Å². The first kappa shape index (κ1) is 34.2. The first-order valence-corrected chi connectivity index (χ1v) is 17.7. The molecule has 2 N–H and O–H groups in total. The minimum absolute atomic E-state index is 0.278. The number of likely N-dealkylation sites (N-methyl/N-ethyl adjacent to an activating group) is 1. The van der Waals surface area contributed by atoms with Crippen LogP contribution in [-0.2, 0) is 4.79 Å². The Morgan fingerprint density at radius 1 is 1.00 bits per heavy atom. The number of pyridine rings is 3. The summed E-state index contributed by atoms with van der Waals surface area (Å²) >= 11 is 0. The molecule has 4 aromatic rings. The number of anilines is 1. The van der Waals surface area contributed by atoms with Gasteiger partial charge >= 0.3 is 6.09 Å². The van der Waals surface area contributed by atoms with Gasteiger partial charge in [0, 0.05) is 25.0 Å². The predicted octanol–water partition coefficient (Wildman–Crippen LogP) is 7.28. The van der Waals surface area contributed by atoms with Gasteiger partial charge in [-0.05, 0) is 72.4 Å². The zero-order chi connectivity index (χ0) is 33.9. The number of ether oxygens (including phenoxy) is 1. The van der Waals surface area contributed by atoms with Gasteiger partial charge in [0.05, 0.1) is 18.4 Å². The number of imidazole rings is 1. The summed E-state index contributed by atoms with van der Waals surface area (Å²) in [5.74, 6) is 3.73. The number of methoxy groups -OCH3 is 1. The van der Waals surface area contributed by atoms with E-state index in [2.05, 4.69) is 63.3 Å². The lowest BCUT2D eigenvalue weighted by Crippen LogP contribution is -2.43. The van der Waals surface area contributed by atoms with Crippen LogP contribution in [0.3, 0.4) is 0 Å². The fourth-order valence-corrected chi connectivity index (χ4v) is 11.5. The van der Waals surface area contributed by atoms with E-state index in [0.29, 0.717) is 33.9 Å². The molecule has 0 saturated heterocycles. The van der Waals surface area contributed by atoms with Crippen molar-refractivity contribution in [1.82, 2.24) is 24.3 Å². The molecule has 1 atom stereocenters. The molecule has 46 heavy (non-hydrogen) atoms. The number of aromatic nitrogens is 4. The summed E-state index contributed by atoms with van der Waals surface area (Å²) in [6.45, 7) is 17.1. The molecule has 0 spiro atoms. The highest BCUT2D eigenvalue weighted by atomic mass is 28.3. The number of hydrogen-bond donors (Lipinski definition) is 2. The Labute approximate surface area is 272 Å². The standard InChI is InChI=1S/C35H44N6O4Si/c1-21(2)46(22(3)4,23(5)6)19-16-28-26(13-14-29(37-28)38-33(42)25(8)40(9)35(43)44)32-31(27-12-11-17-36-34(27)45-10)39-30-20-24(7)15-18-41(30)32/h11-15,17-18,20-23,25H,1-10H3,(H,43,44)(H,37,38,42). The highest BCUT2D eigenvalue weighted by molar-refractivity contribution is 6.90. The summed E-state index contributed by atoms with van der Waals surface area (Å²) < 4.78 is 7.65. The predicted molar refractivity (Wildman–Crippen MR) is 185 cm³/mol. The minimum atomic E-state index is -2.18. The molecule has 4 aromatic heterocycles. The van der Waals surface area contributed by atoms with Gasteiger partial charge in [-0.2, -0.15) is 0 Å². The van der Waals surface area contributed by atoms with E-state index >= 15 is 0 Å². The number of aryl methyl sites for hydroxylation is 1. The first-order chi connectivity index (χ1) is 21.7. The molecule has 0 saturated carbocycles. The molecule has 0 aliphatic rings. The van der Waals surface area contributed by atoms with E-state index in [9.17, 15) is 14.7 Å². The van der Waals surface area contributed by atoms with Crippen molar-refractivity contribution in [3.63, 3.8) is 0 Å². The Bertz CT molecular complexity index is 1800. The van der Waals surface area contributed by atoms with Crippen molar-refractivity contribution in [3.8, 4) is 39.9 Å². The average molecular weight is 641 g/mol. The van der Waals surface area contributed by atoms with Crippen molar-refractivity contribution < 1.29 is 19.4 Å². The Morgan fingerprint density at radius 2 is 1.67 bits per heavy atom. The van der Waals surface area contributed by atoms with Gasteiger partial charge in [0.1, 0.15) is 37.0 Å². The van der Waals surface area contributed by atoms with Crippen LogP contribution in [0.5, 0.6) is 5.88 Å². The van der Waals surface area contributed by atoms with E-state index in [1.54, 1.807) is 19.4 Å². The average Bonchev–Trinajstić information content (AvgIpc) is 3.38. The smallest absolute Gasteiger partial charge is 0.407 e. The molecule has 2 amide bonds. The molecule has 0 bridgehead atoms. The van der Waals surface area contributed by atoms with Crippen LogP contribution < -0.4 is 10.1 Å². The third-order valence-corrected chi connectivity index (χ3v) is 15.2. The zero-order valence-corrected chi connectivity index (χ0v) is 29.3. The van der Waals surface area contributed by atoms with Crippen LogP contribution in [0.2, 0.25) is 16.6 Å². The second kappa shape index (κ2) is 13.7. The van der Waals surface area contributed by atoms with Gasteiger partial charge in [0.25, 0.3) is 0 Å². The van der Waals surface area contributed by atoms with E-state index in [1.807, 2.05) is 47.9 Å². The minimum Gasteiger partial charge on any atom is -0.481 e. The lowest BCUT2D eigenvalue weighted by atomic mass is 10.0. The van der Waals surface area contributed by atoms with Gasteiger partial charge in [-0.25, -0.2) is 19.7 Å². The Balaban J connectivity index is 2.02. The molecule has 4 rings (SSSR count). The SMILES string of the molecule is COc1ncccc1-c1nc2cc(C)ccn2c1-c1ccc(NC(=O)C(C)N(C)C(=O)O)nc1C#C[Si](C(C)C)(C(C)C)C(C)C. The fourth-order valence-electron chi connectivity index (χ4n) is 6.31. The number of amides is 2. The summed E-state index contributed by atoms with van der Waals surface area (Å²) in [4.78, 5) is 39.9. The molecule has 1 unspecified atom stereocenters. The van der Waals surface area contributed by atoms with Gasteiger partial charge < -0.3 is 15.2 Å². The maximum atomic E-state index is 13.1. The maximum Gasteiger partial charge on any atom is 0.407 e. The summed E-state index contributed by atoms with van der Waals surface area (Å²) in [6, 6.07) is 10.5. The van der Waals surface area contributed by atoms with Crippen LogP contribution in [0.1, 0.15) is 59.7 Å². The number of hydrogen-bond acceptors (Lipinski definition) is 6. The number of nitrogens with zero attached hydrogens (tertiary/aromatic N) is 5. The summed E-state index contributed by atoms with van der Waals surface area (Å²) in [7, 11) is 0.758. The maximum absolute atomic E-state index is 13.1. The van der Waals surface area contributed by atoms with Crippen LogP contribution in [-0.4, -0.2) is 69.6 Å². The number of carbonyl (C=O) groups is 2. The van der Waals surface area contributed by atoms with E-state index in [4.69, 9.17) is 14.7 Å². The summed E-state index contributed by atoms with van der Waals surface area (Å²) in [5.41, 5.74) is 10.1. The monoisotopic (exact) mass is 640 g/mol. The molecular formula is C35H44N6O4Si. The van der Waals surface area contributed by atoms with E-state index in [1.165, 1.54) is 14.0 Å². The van der Waals surface area contributed by atoms with Gasteiger partial charge in [0.15, 0.2) is 0 Å². The van der Waals surface area contributed by atoms with Crippen molar-refractivity contribution in [2.75, 3.05) is 19.5 Å². The summed E-state index contributed by atoms with van der Waals surface area (Å²) in [5, 5.41) is 12.2. The topological polar surface area (TPSA) is 122 Å². The van der Waals surface area contributed by atoms with Gasteiger partial charge in [0.2, 0.25) is 11.8 Å². The second-order valence-electron chi connectivity index (χ2n) is 12.6. The Morgan fingerprint density at radius 3 is 2.28 bits per heavy atom. The second-order valence-corrected chi connectivity index (χ2v) is 18.2. The van der Waals surface area contributed by atoms with Crippen molar-refractivity contribution in [2.45, 2.75) is 78.1 Å². The molecule has 0 radical (unpaired) electrons. The molecule has 10 nitrogen and oxygen atoms in total. The Kier molecular flexibility index (Phi) is 10.2. The quantitative estimate of drug-likeness (QED) is 0.146. The van der Waals surface area contributed by atoms with Crippen molar-refractivity contribution in [1.29, 1.82) is 0 Å². The van der Waals surface area contributed by atoms with Crippen LogP contribution in [0.15, 0.2) is 48.8 Å². The van der Waals surface area contributed by atoms with Crippen molar-refractivity contribution in [3.05, 3.63) is 60.0 Å². The van der Waals surface area contributed by atoms with Crippen LogP contribution in [0.25, 0.3) is 28.2 Å². The highest BCUT2D eigenvalue weighted by Gasteiger charge is 2.42. The zero-order valence-electron chi connectivity index (χ0n) is 28.3. The molecule has 4 heterocycles. The largest absolute Gasteiger partial charge is 0.481 e. The number of nitrogens with one attached hydrogen (secondary N) is 1. The van der Waals surface area contributed by atoms with Gasteiger partial charge in [-0.1, -0.05) is 47.5 Å². The molecule has 0 aliphatic heterocycles. The molecule has 11 heteroatoms. The lowest BCUT2D eigenvalue weighted by molar-refractivity contribution is -0.119. The van der Waals surface area contributed by atoms with E-state index in [-0.39, 0.29) is 5.82 Å². The first-order valence-electron chi connectivity index (χ1n) is 15.5. The number of carboxylic acid groups (broad SMARTS) is 1. The van der Waals surface area contributed by atoms with E-state index < -0.39 is 26.1 Å². The number of fused-ring (bicyclic) bond motifs is 1. The van der Waals surface area contributed by atoms with Gasteiger partial charge in [-0.3, -0.25) is 14.1 Å². The number of carbonyl (C=O) groups excluding carboxylic acids is 1. The highest BCUT2D eigenvalue weighted by Crippen LogP contribution is 2.42. The Hall–Kier alpha value is -4.69. The third kappa shape index (κ3) is 6.49. The molecular weight excluding hydrogens is 597 g/mol. The van der Waals surface area contributed by atoms with E-state index in [0.717, 1.165) is 32.9 Å². The number of rotatable bonds is 9. The van der Waals surface area contributed by atoms with Gasteiger partial charge in [-0.15, -0.1) is 5.54 Å². The van der Waals surface area contributed by atoms with Crippen LogP contribution in [0.4, 0.5) is 10.6 Å². The normalized spacial score (nSPS) is 12.3. The van der Waals surface area contributed by atoms with Crippen LogP contribution in [0, 0.1) is 18.4 Å². The fraction of sp³-hybridized carbons (Fsp3) is 0.400. The van der Waals surface area contributed by atoms with Crippen molar-refractivity contribution >= 4 is 31.5 Å². The molecule has 0 aromatic carbocycles.